The van der Waals surface area contributed by atoms with Gasteiger partial charge in [-0.05, 0) is 29.8 Å². The van der Waals surface area contributed by atoms with Gasteiger partial charge in [-0.3, -0.25) is 9.59 Å². The van der Waals surface area contributed by atoms with E-state index in [-0.39, 0.29) is 11.8 Å². The van der Waals surface area contributed by atoms with Gasteiger partial charge in [-0.2, -0.15) is 0 Å². The van der Waals surface area contributed by atoms with Crippen molar-refractivity contribution in [2.24, 2.45) is 7.05 Å². The van der Waals surface area contributed by atoms with Crippen LogP contribution in [0.5, 0.6) is 5.75 Å². The van der Waals surface area contributed by atoms with E-state index in [4.69, 9.17) is 4.74 Å². The Balaban J connectivity index is 1.57. The number of nitrogens with zero attached hydrogens (tertiary/aromatic N) is 4. The highest BCUT2D eigenvalue weighted by Gasteiger charge is 2.19. The number of pyridine rings is 1. The van der Waals surface area contributed by atoms with Gasteiger partial charge in [0.2, 0.25) is 0 Å². The zero-order valence-corrected chi connectivity index (χ0v) is 20.9. The van der Waals surface area contributed by atoms with Crippen LogP contribution in [0.1, 0.15) is 20.8 Å². The Hall–Kier alpha value is -4.92. The fraction of sp³-hybridized carbons (Fsp3) is 0.143. The molecule has 2 N–H and O–H groups in total. The molecule has 0 unspecified atom stereocenters. The lowest BCUT2D eigenvalue weighted by Crippen LogP contribution is -2.24. The predicted molar refractivity (Wildman–Crippen MR) is 143 cm³/mol. The lowest BCUT2D eigenvalue weighted by molar-refractivity contribution is 0.0828. The van der Waals surface area contributed by atoms with Gasteiger partial charge < -0.3 is 24.5 Å². The second kappa shape index (κ2) is 9.62. The third-order valence-electron chi connectivity index (χ3n) is 6.22. The van der Waals surface area contributed by atoms with Crippen molar-refractivity contribution in [3.05, 3.63) is 84.7 Å². The summed E-state index contributed by atoms with van der Waals surface area (Å²) in [6.45, 7) is 0. The molecule has 9 nitrogen and oxygen atoms in total. The second-order valence-corrected chi connectivity index (χ2v) is 8.83. The van der Waals surface area contributed by atoms with E-state index in [2.05, 4.69) is 20.3 Å². The van der Waals surface area contributed by atoms with E-state index < -0.39 is 0 Å². The number of H-pyrrole nitrogens is 1. The number of ether oxygens (including phenoxy) is 1. The van der Waals surface area contributed by atoms with Crippen molar-refractivity contribution in [1.82, 2.24) is 24.4 Å². The number of rotatable bonds is 6. The molecule has 2 amide bonds. The van der Waals surface area contributed by atoms with Crippen molar-refractivity contribution in [3.8, 4) is 28.0 Å². The molecule has 0 radical (unpaired) electrons. The molecule has 5 rings (SSSR count). The van der Waals surface area contributed by atoms with Crippen LogP contribution in [0.25, 0.3) is 33.3 Å². The molecule has 3 aromatic heterocycles. The summed E-state index contributed by atoms with van der Waals surface area (Å²) >= 11 is 0. The summed E-state index contributed by atoms with van der Waals surface area (Å²) in [5, 5.41) is 3.78. The number of aromatic nitrogens is 4. The van der Waals surface area contributed by atoms with Crippen LogP contribution < -0.4 is 10.1 Å². The van der Waals surface area contributed by atoms with Gasteiger partial charge in [0.25, 0.3) is 11.8 Å². The van der Waals surface area contributed by atoms with Crippen LogP contribution in [0.3, 0.4) is 0 Å². The molecule has 0 atom stereocenters. The average molecular weight is 495 g/mol. The van der Waals surface area contributed by atoms with Crippen LogP contribution in [0.4, 0.5) is 5.69 Å². The lowest BCUT2D eigenvalue weighted by atomic mass is 9.99. The van der Waals surface area contributed by atoms with Crippen molar-refractivity contribution in [2.75, 3.05) is 26.5 Å². The van der Waals surface area contributed by atoms with Gasteiger partial charge in [-0.25, -0.2) is 9.97 Å². The fourth-order valence-corrected chi connectivity index (χ4v) is 4.26. The molecule has 0 bridgehead atoms. The minimum atomic E-state index is -0.350. The number of imidazole rings is 1. The number of hydrogen-bond donors (Lipinski definition) is 2. The standard InChI is InChI=1S/C28H26N6O3/c1-33(2)28(36)21-11-17(9-10-23(21)32-27(35)24-15-29-16-34(24)3)18-12-20-22(14-31-26(20)30-13-18)19-7-5-6-8-25(19)37-4/h5-16H,1-4H3,(H,30,31)(H,32,35). The zero-order chi connectivity index (χ0) is 26.1. The molecular weight excluding hydrogens is 468 g/mol. The topological polar surface area (TPSA) is 105 Å². The number of aromatic amines is 1. The Morgan fingerprint density at radius 3 is 2.57 bits per heavy atom. The first-order chi connectivity index (χ1) is 17.9. The van der Waals surface area contributed by atoms with E-state index in [0.717, 1.165) is 39.0 Å². The van der Waals surface area contributed by atoms with Gasteiger partial charge in [-0.1, -0.05) is 24.3 Å². The second-order valence-electron chi connectivity index (χ2n) is 8.83. The molecule has 9 heteroatoms. The van der Waals surface area contributed by atoms with Crippen molar-refractivity contribution in [1.29, 1.82) is 0 Å². The molecular formula is C28H26N6O3. The van der Waals surface area contributed by atoms with E-state index in [0.29, 0.717) is 16.9 Å². The predicted octanol–water partition coefficient (Wildman–Crippen LogP) is 4.59. The van der Waals surface area contributed by atoms with Crippen molar-refractivity contribution >= 4 is 28.5 Å². The van der Waals surface area contributed by atoms with Crippen LogP contribution in [-0.2, 0) is 7.05 Å². The molecule has 3 heterocycles. The smallest absolute Gasteiger partial charge is 0.273 e. The number of aryl methyl sites for hydroxylation is 1. The van der Waals surface area contributed by atoms with Crippen molar-refractivity contribution in [2.45, 2.75) is 0 Å². The van der Waals surface area contributed by atoms with E-state index in [9.17, 15) is 9.59 Å². The van der Waals surface area contributed by atoms with Crippen LogP contribution in [-0.4, -0.2) is 57.4 Å². The van der Waals surface area contributed by atoms with Crippen LogP contribution in [0.2, 0.25) is 0 Å². The highest BCUT2D eigenvalue weighted by molar-refractivity contribution is 6.09. The Kier molecular flexibility index (Phi) is 6.19. The van der Waals surface area contributed by atoms with Crippen LogP contribution >= 0.6 is 0 Å². The maximum Gasteiger partial charge on any atom is 0.273 e. The molecule has 0 spiro atoms. The monoisotopic (exact) mass is 494 g/mol. The molecule has 2 aromatic carbocycles. The molecule has 0 saturated carbocycles. The normalized spacial score (nSPS) is 10.9. The summed E-state index contributed by atoms with van der Waals surface area (Å²) in [6, 6.07) is 15.2. The van der Waals surface area contributed by atoms with Crippen LogP contribution in [0, 0.1) is 0 Å². The van der Waals surface area contributed by atoms with E-state index in [1.165, 1.54) is 11.1 Å². The fourth-order valence-electron chi connectivity index (χ4n) is 4.26. The quantitative estimate of drug-likeness (QED) is 0.359. The third kappa shape index (κ3) is 4.42. The van der Waals surface area contributed by atoms with E-state index >= 15 is 0 Å². The molecule has 186 valence electrons. The van der Waals surface area contributed by atoms with Crippen molar-refractivity contribution in [3.63, 3.8) is 0 Å². The molecule has 37 heavy (non-hydrogen) atoms. The van der Waals surface area contributed by atoms with Gasteiger partial charge in [-0.15, -0.1) is 0 Å². The summed E-state index contributed by atoms with van der Waals surface area (Å²) in [6.07, 6.45) is 6.71. The van der Waals surface area contributed by atoms with Gasteiger partial charge in [0.05, 0.1) is 30.9 Å². The molecule has 0 saturated heterocycles. The largest absolute Gasteiger partial charge is 0.496 e. The van der Waals surface area contributed by atoms with Gasteiger partial charge in [0.15, 0.2) is 0 Å². The first kappa shape index (κ1) is 23.8. The maximum absolute atomic E-state index is 13.1. The number of nitrogens with one attached hydrogen (secondary N) is 2. The number of hydrogen-bond acceptors (Lipinski definition) is 5. The van der Waals surface area contributed by atoms with Crippen molar-refractivity contribution < 1.29 is 14.3 Å². The average Bonchev–Trinajstić information content (AvgIpc) is 3.54. The number of amides is 2. The van der Waals surface area contributed by atoms with E-state index in [1.807, 2.05) is 42.6 Å². The minimum Gasteiger partial charge on any atom is -0.496 e. The minimum absolute atomic E-state index is 0.229. The van der Waals surface area contributed by atoms with Gasteiger partial charge in [0, 0.05) is 55.6 Å². The zero-order valence-electron chi connectivity index (χ0n) is 20.9. The summed E-state index contributed by atoms with van der Waals surface area (Å²) in [5.41, 5.74) is 5.47. The SMILES string of the molecule is COc1ccccc1-c1c[nH]c2ncc(-c3ccc(NC(=O)c4cncn4C)c(C(=O)N(C)C)c3)cc12. The van der Waals surface area contributed by atoms with Gasteiger partial charge in [0.1, 0.15) is 17.1 Å². The van der Waals surface area contributed by atoms with Crippen LogP contribution in [0.15, 0.2) is 73.4 Å². The molecule has 0 aliphatic rings. The Labute approximate surface area is 213 Å². The highest BCUT2D eigenvalue weighted by atomic mass is 16.5. The molecule has 5 aromatic rings. The van der Waals surface area contributed by atoms with E-state index in [1.54, 1.807) is 57.5 Å². The molecule has 0 aliphatic carbocycles. The third-order valence-corrected chi connectivity index (χ3v) is 6.22. The molecule has 0 fully saturated rings. The number of anilines is 1. The number of carbonyl (C=O) groups is 2. The highest BCUT2D eigenvalue weighted by Crippen LogP contribution is 2.36. The Bertz CT molecular complexity index is 1630. The Morgan fingerprint density at radius 2 is 1.84 bits per heavy atom. The number of para-hydroxylation sites is 1. The van der Waals surface area contributed by atoms with Gasteiger partial charge >= 0.3 is 0 Å². The molecule has 0 aliphatic heterocycles. The summed E-state index contributed by atoms with van der Waals surface area (Å²) in [4.78, 5) is 39.2. The first-order valence-corrected chi connectivity index (χ1v) is 11.6. The Morgan fingerprint density at radius 1 is 1.03 bits per heavy atom. The summed E-state index contributed by atoms with van der Waals surface area (Å²) in [7, 11) is 6.74. The lowest BCUT2D eigenvalue weighted by Gasteiger charge is -2.16. The number of carbonyl (C=O) groups excluding carboxylic acids is 2. The maximum atomic E-state index is 13.1. The first-order valence-electron chi connectivity index (χ1n) is 11.6. The number of methoxy groups -OCH3 is 1. The summed E-state index contributed by atoms with van der Waals surface area (Å²) in [5.74, 6) is 0.186. The number of fused-ring (bicyclic) bond motifs is 1. The number of benzene rings is 2. The summed E-state index contributed by atoms with van der Waals surface area (Å²) < 4.78 is 7.18.